The van der Waals surface area contributed by atoms with Crippen molar-refractivity contribution in [1.29, 1.82) is 0 Å². The summed E-state index contributed by atoms with van der Waals surface area (Å²) in [6.07, 6.45) is 8.07. The molecule has 2 fully saturated rings. The van der Waals surface area contributed by atoms with Crippen LogP contribution < -0.4 is 0 Å². The molecule has 0 bridgehead atoms. The SMILES string of the molecule is O=C(c1cccnc1)N1CCC2(CC1)CC(Cc1ccc(F)cc1)CCO2. The molecular weight excluding hydrogens is 343 g/mol. The molecule has 2 aliphatic rings. The van der Waals surface area contributed by atoms with Gasteiger partial charge in [-0.1, -0.05) is 12.1 Å². The number of carbonyl (C=O) groups is 1. The van der Waals surface area contributed by atoms with Crippen LogP contribution in [0.2, 0.25) is 0 Å². The summed E-state index contributed by atoms with van der Waals surface area (Å²) in [6, 6.07) is 10.4. The van der Waals surface area contributed by atoms with E-state index < -0.39 is 0 Å². The van der Waals surface area contributed by atoms with E-state index in [-0.39, 0.29) is 17.3 Å². The third-order valence-corrected chi connectivity index (χ3v) is 5.90. The average molecular weight is 368 g/mol. The number of piperidine rings is 1. The molecule has 2 aromatic rings. The zero-order chi connectivity index (χ0) is 18.7. The number of hydrogen-bond acceptors (Lipinski definition) is 3. The van der Waals surface area contributed by atoms with Crippen molar-refractivity contribution in [2.75, 3.05) is 19.7 Å². The highest BCUT2D eigenvalue weighted by Crippen LogP contribution is 2.39. The molecule has 142 valence electrons. The second-order valence-electron chi connectivity index (χ2n) is 7.75. The Morgan fingerprint density at radius 1 is 1.22 bits per heavy atom. The van der Waals surface area contributed by atoms with Crippen LogP contribution in [0.3, 0.4) is 0 Å². The number of carbonyl (C=O) groups excluding carboxylic acids is 1. The van der Waals surface area contributed by atoms with Crippen molar-refractivity contribution in [3.05, 3.63) is 65.7 Å². The lowest BCUT2D eigenvalue weighted by Crippen LogP contribution is -2.51. The Bertz CT molecular complexity index is 771. The molecule has 0 radical (unpaired) electrons. The molecule has 27 heavy (non-hydrogen) atoms. The van der Waals surface area contributed by atoms with Gasteiger partial charge in [-0.25, -0.2) is 4.39 Å². The van der Waals surface area contributed by atoms with Gasteiger partial charge in [0.2, 0.25) is 0 Å². The molecule has 1 aromatic heterocycles. The number of benzene rings is 1. The zero-order valence-corrected chi connectivity index (χ0v) is 15.4. The average Bonchev–Trinajstić information content (AvgIpc) is 2.71. The lowest BCUT2D eigenvalue weighted by molar-refractivity contribution is -0.123. The van der Waals surface area contributed by atoms with Crippen molar-refractivity contribution in [3.8, 4) is 0 Å². The first kappa shape index (κ1) is 18.1. The van der Waals surface area contributed by atoms with Crippen LogP contribution in [0.15, 0.2) is 48.8 Å². The molecule has 1 unspecified atom stereocenters. The van der Waals surface area contributed by atoms with Gasteiger partial charge in [0.25, 0.3) is 5.91 Å². The minimum absolute atomic E-state index is 0.0524. The molecule has 5 heteroatoms. The maximum Gasteiger partial charge on any atom is 0.255 e. The second kappa shape index (κ2) is 7.77. The van der Waals surface area contributed by atoms with Crippen molar-refractivity contribution in [2.45, 2.75) is 37.7 Å². The molecule has 4 rings (SSSR count). The van der Waals surface area contributed by atoms with E-state index in [1.165, 1.54) is 17.7 Å². The van der Waals surface area contributed by atoms with Crippen molar-refractivity contribution >= 4 is 5.91 Å². The number of rotatable bonds is 3. The zero-order valence-electron chi connectivity index (χ0n) is 15.4. The Kier molecular flexibility index (Phi) is 5.21. The van der Waals surface area contributed by atoms with Crippen LogP contribution in [0.25, 0.3) is 0 Å². The van der Waals surface area contributed by atoms with Crippen LogP contribution >= 0.6 is 0 Å². The maximum atomic E-state index is 13.1. The van der Waals surface area contributed by atoms with Gasteiger partial charge in [0.1, 0.15) is 5.82 Å². The first-order valence-electron chi connectivity index (χ1n) is 9.71. The van der Waals surface area contributed by atoms with E-state index in [0.717, 1.165) is 51.8 Å². The predicted molar refractivity (Wildman–Crippen MR) is 101 cm³/mol. The molecule has 0 aliphatic carbocycles. The first-order valence-corrected chi connectivity index (χ1v) is 9.71. The minimum Gasteiger partial charge on any atom is -0.375 e. The summed E-state index contributed by atoms with van der Waals surface area (Å²) in [4.78, 5) is 18.6. The summed E-state index contributed by atoms with van der Waals surface area (Å²) in [5.74, 6) is 0.411. The highest BCUT2D eigenvalue weighted by Gasteiger charge is 2.41. The molecular formula is C22H25FN2O2. The fraction of sp³-hybridized carbons (Fsp3) is 0.455. The highest BCUT2D eigenvalue weighted by molar-refractivity contribution is 5.93. The van der Waals surface area contributed by atoms with Gasteiger partial charge in [-0.15, -0.1) is 0 Å². The van der Waals surface area contributed by atoms with Crippen molar-refractivity contribution in [2.24, 2.45) is 5.92 Å². The first-order chi connectivity index (χ1) is 13.1. The molecule has 1 atom stereocenters. The lowest BCUT2D eigenvalue weighted by Gasteiger charge is -2.46. The van der Waals surface area contributed by atoms with Gasteiger partial charge in [0.05, 0.1) is 11.2 Å². The van der Waals surface area contributed by atoms with Gasteiger partial charge < -0.3 is 9.64 Å². The maximum absolute atomic E-state index is 13.1. The van der Waals surface area contributed by atoms with Crippen LogP contribution in [0.4, 0.5) is 4.39 Å². The molecule has 4 nitrogen and oxygen atoms in total. The standard InChI is InChI=1S/C22H25FN2O2/c23-20-5-3-17(4-6-20)14-18-7-13-27-22(15-18)8-11-25(12-9-22)21(26)19-2-1-10-24-16-19/h1-6,10,16,18H,7-9,11-15H2. The van der Waals surface area contributed by atoms with Crippen LogP contribution in [0, 0.1) is 11.7 Å². The number of likely N-dealkylation sites (tertiary alicyclic amines) is 1. The summed E-state index contributed by atoms with van der Waals surface area (Å²) in [5, 5.41) is 0. The molecule has 2 aliphatic heterocycles. The normalized spacial score (nSPS) is 22.0. The number of pyridine rings is 1. The predicted octanol–water partition coefficient (Wildman–Crippen LogP) is 3.86. The van der Waals surface area contributed by atoms with Crippen molar-refractivity contribution in [1.82, 2.24) is 9.88 Å². The Morgan fingerprint density at radius 2 is 2.00 bits per heavy atom. The number of amides is 1. The van der Waals surface area contributed by atoms with Crippen LogP contribution in [0.1, 0.15) is 41.6 Å². The van der Waals surface area contributed by atoms with Crippen LogP contribution in [-0.2, 0) is 11.2 Å². The molecule has 2 saturated heterocycles. The monoisotopic (exact) mass is 368 g/mol. The third kappa shape index (κ3) is 4.19. The molecule has 1 spiro atoms. The van der Waals surface area contributed by atoms with Gasteiger partial charge in [-0.2, -0.15) is 0 Å². The molecule has 0 N–H and O–H groups in total. The smallest absolute Gasteiger partial charge is 0.255 e. The Balaban J connectivity index is 1.35. The topological polar surface area (TPSA) is 42.4 Å². The number of ether oxygens (including phenoxy) is 1. The van der Waals surface area contributed by atoms with Crippen molar-refractivity contribution < 1.29 is 13.9 Å². The molecule has 1 amide bonds. The Morgan fingerprint density at radius 3 is 2.70 bits per heavy atom. The number of halogens is 1. The quantitative estimate of drug-likeness (QED) is 0.826. The lowest BCUT2D eigenvalue weighted by atomic mass is 9.77. The Hall–Kier alpha value is -2.27. The largest absolute Gasteiger partial charge is 0.375 e. The van der Waals surface area contributed by atoms with E-state index in [9.17, 15) is 9.18 Å². The van der Waals surface area contributed by atoms with Gasteiger partial charge in [-0.3, -0.25) is 9.78 Å². The Labute approximate surface area is 159 Å². The second-order valence-corrected chi connectivity index (χ2v) is 7.75. The molecule has 0 saturated carbocycles. The van der Waals surface area contributed by atoms with E-state index in [0.29, 0.717) is 11.5 Å². The summed E-state index contributed by atoms with van der Waals surface area (Å²) in [5.41, 5.74) is 1.71. The van der Waals surface area contributed by atoms with Gasteiger partial charge in [0, 0.05) is 32.1 Å². The van der Waals surface area contributed by atoms with Gasteiger partial charge in [0.15, 0.2) is 0 Å². The van der Waals surface area contributed by atoms with Gasteiger partial charge >= 0.3 is 0 Å². The summed E-state index contributed by atoms with van der Waals surface area (Å²) >= 11 is 0. The molecule has 1 aromatic carbocycles. The van der Waals surface area contributed by atoms with Gasteiger partial charge in [-0.05, 0) is 67.9 Å². The number of aromatic nitrogens is 1. The van der Waals surface area contributed by atoms with E-state index >= 15 is 0 Å². The highest BCUT2D eigenvalue weighted by atomic mass is 19.1. The van der Waals surface area contributed by atoms with Crippen LogP contribution in [0.5, 0.6) is 0 Å². The fourth-order valence-corrected chi connectivity index (χ4v) is 4.39. The minimum atomic E-state index is -0.187. The van der Waals surface area contributed by atoms with E-state index in [2.05, 4.69) is 4.98 Å². The number of nitrogens with zero attached hydrogens (tertiary/aromatic N) is 2. The summed E-state index contributed by atoms with van der Waals surface area (Å²) in [6.45, 7) is 2.20. The fourth-order valence-electron chi connectivity index (χ4n) is 4.39. The molecule has 3 heterocycles. The summed E-state index contributed by atoms with van der Waals surface area (Å²) < 4.78 is 19.3. The van der Waals surface area contributed by atoms with E-state index in [1.54, 1.807) is 18.5 Å². The van der Waals surface area contributed by atoms with E-state index in [4.69, 9.17) is 4.74 Å². The third-order valence-electron chi connectivity index (χ3n) is 5.90. The van der Waals surface area contributed by atoms with E-state index in [1.807, 2.05) is 23.1 Å². The number of hydrogen-bond donors (Lipinski definition) is 0. The van der Waals surface area contributed by atoms with Crippen molar-refractivity contribution in [3.63, 3.8) is 0 Å². The van der Waals surface area contributed by atoms with Crippen LogP contribution in [-0.4, -0.2) is 41.1 Å². The summed E-state index contributed by atoms with van der Waals surface area (Å²) in [7, 11) is 0.